The Morgan fingerprint density at radius 3 is 2.15 bits per heavy atom. The summed E-state index contributed by atoms with van der Waals surface area (Å²) in [6.45, 7) is 7.30. The second-order valence-corrected chi connectivity index (χ2v) is 9.43. The van der Waals surface area contributed by atoms with Crippen molar-refractivity contribution in [2.24, 2.45) is 0 Å². The number of carbonyl (C=O) groups is 3. The molecule has 0 atom stereocenters. The SMILES string of the molecule is COC(=O)c1ccc(CN(C(=O)N2CCN(C(=O)OC(C)(C)C)CC2)c2cccc(Cl)c2)cc1. The third-order valence-corrected chi connectivity index (χ3v) is 5.50. The molecule has 0 aliphatic carbocycles. The number of urea groups is 1. The normalized spacial score (nSPS) is 13.9. The van der Waals surface area contributed by atoms with E-state index in [1.807, 2.05) is 26.8 Å². The Morgan fingerprint density at radius 2 is 1.59 bits per heavy atom. The van der Waals surface area contributed by atoms with Crippen LogP contribution in [0.4, 0.5) is 15.3 Å². The Labute approximate surface area is 205 Å². The highest BCUT2D eigenvalue weighted by molar-refractivity contribution is 6.30. The Bertz CT molecular complexity index is 1030. The summed E-state index contributed by atoms with van der Waals surface area (Å²) in [6.07, 6.45) is -0.378. The van der Waals surface area contributed by atoms with Crippen LogP contribution in [0.3, 0.4) is 0 Å². The van der Waals surface area contributed by atoms with Crippen LogP contribution in [0.5, 0.6) is 0 Å². The van der Waals surface area contributed by atoms with E-state index >= 15 is 0 Å². The number of esters is 1. The average Bonchev–Trinajstić information content (AvgIpc) is 2.81. The van der Waals surface area contributed by atoms with Crippen LogP contribution in [0.2, 0.25) is 5.02 Å². The highest BCUT2D eigenvalue weighted by atomic mass is 35.5. The summed E-state index contributed by atoms with van der Waals surface area (Å²) < 4.78 is 10.2. The van der Waals surface area contributed by atoms with Crippen LogP contribution < -0.4 is 4.90 Å². The van der Waals surface area contributed by atoms with Gasteiger partial charge in [-0.05, 0) is 56.7 Å². The van der Waals surface area contributed by atoms with Gasteiger partial charge >= 0.3 is 18.1 Å². The average molecular weight is 488 g/mol. The first-order valence-corrected chi connectivity index (χ1v) is 11.4. The molecule has 9 heteroatoms. The van der Waals surface area contributed by atoms with E-state index in [2.05, 4.69) is 0 Å². The third kappa shape index (κ3) is 6.63. The number of methoxy groups -OCH3 is 1. The Kier molecular flexibility index (Phi) is 8.04. The van der Waals surface area contributed by atoms with Crippen LogP contribution in [0.1, 0.15) is 36.7 Å². The predicted molar refractivity (Wildman–Crippen MR) is 130 cm³/mol. The van der Waals surface area contributed by atoms with Crippen LogP contribution in [0.15, 0.2) is 48.5 Å². The van der Waals surface area contributed by atoms with Gasteiger partial charge in [0.2, 0.25) is 0 Å². The predicted octanol–water partition coefficient (Wildman–Crippen LogP) is 4.81. The van der Waals surface area contributed by atoms with Crippen molar-refractivity contribution in [3.8, 4) is 0 Å². The van der Waals surface area contributed by atoms with Gasteiger partial charge in [-0.25, -0.2) is 14.4 Å². The number of hydrogen-bond donors (Lipinski definition) is 0. The first-order chi connectivity index (χ1) is 16.1. The summed E-state index contributed by atoms with van der Waals surface area (Å²) in [6, 6.07) is 13.8. The maximum absolute atomic E-state index is 13.5. The van der Waals surface area contributed by atoms with Crippen LogP contribution in [-0.2, 0) is 16.0 Å². The van der Waals surface area contributed by atoms with Gasteiger partial charge in [-0.2, -0.15) is 0 Å². The number of anilines is 1. The molecule has 3 rings (SSSR count). The van der Waals surface area contributed by atoms with Crippen LogP contribution >= 0.6 is 11.6 Å². The molecule has 1 saturated heterocycles. The van der Waals surface area contributed by atoms with E-state index in [0.29, 0.717) is 42.5 Å². The smallest absolute Gasteiger partial charge is 0.410 e. The zero-order chi connectivity index (χ0) is 24.9. The number of halogens is 1. The minimum Gasteiger partial charge on any atom is -0.465 e. The molecule has 3 amide bonds. The summed E-state index contributed by atoms with van der Waals surface area (Å²) >= 11 is 6.20. The summed E-state index contributed by atoms with van der Waals surface area (Å²) in [5.41, 5.74) is 1.36. The van der Waals surface area contributed by atoms with Crippen LogP contribution in [0, 0.1) is 0 Å². The molecule has 0 radical (unpaired) electrons. The Morgan fingerprint density at radius 1 is 0.971 bits per heavy atom. The first kappa shape index (κ1) is 25.4. The van der Waals surface area contributed by atoms with Gasteiger partial charge in [0.15, 0.2) is 0 Å². The van der Waals surface area contributed by atoms with Gasteiger partial charge in [0.25, 0.3) is 0 Å². The Balaban J connectivity index is 1.75. The molecule has 1 aliphatic heterocycles. The molecular formula is C25H30ClN3O5. The minimum atomic E-state index is -0.573. The maximum atomic E-state index is 13.5. The lowest BCUT2D eigenvalue weighted by molar-refractivity contribution is 0.0172. The molecule has 0 bridgehead atoms. The monoisotopic (exact) mass is 487 g/mol. The molecular weight excluding hydrogens is 458 g/mol. The van der Waals surface area contributed by atoms with Crippen molar-refractivity contribution in [3.63, 3.8) is 0 Å². The van der Waals surface area contributed by atoms with Gasteiger partial charge in [-0.15, -0.1) is 0 Å². The molecule has 8 nitrogen and oxygen atoms in total. The van der Waals surface area contributed by atoms with Gasteiger partial charge < -0.3 is 19.3 Å². The molecule has 1 heterocycles. The van der Waals surface area contributed by atoms with E-state index in [4.69, 9.17) is 21.1 Å². The zero-order valence-corrected chi connectivity index (χ0v) is 20.7. The number of piperazine rings is 1. The number of rotatable bonds is 4. The summed E-state index contributed by atoms with van der Waals surface area (Å²) in [5, 5.41) is 0.520. The number of hydrogen-bond acceptors (Lipinski definition) is 5. The standard InChI is InChI=1S/C25H30ClN3O5/c1-25(2,3)34-24(32)28-14-12-27(13-15-28)23(31)29(21-7-5-6-20(26)16-21)17-18-8-10-19(11-9-18)22(30)33-4/h5-11,16H,12-15,17H2,1-4H3. The molecule has 0 spiro atoms. The van der Waals surface area contributed by atoms with Gasteiger partial charge in [0.05, 0.1) is 19.2 Å². The molecule has 1 aliphatic rings. The van der Waals surface area contributed by atoms with Gasteiger partial charge in [-0.3, -0.25) is 4.90 Å². The third-order valence-electron chi connectivity index (χ3n) is 5.27. The lowest BCUT2D eigenvalue weighted by Crippen LogP contribution is -2.54. The second-order valence-electron chi connectivity index (χ2n) is 8.99. The van der Waals surface area contributed by atoms with Crippen LogP contribution in [-0.4, -0.2) is 66.8 Å². The van der Waals surface area contributed by atoms with Crippen molar-refractivity contribution in [2.75, 3.05) is 38.2 Å². The molecule has 0 unspecified atom stereocenters. The van der Waals surface area contributed by atoms with Crippen molar-refractivity contribution in [1.82, 2.24) is 9.80 Å². The number of amides is 3. The summed E-state index contributed by atoms with van der Waals surface area (Å²) in [7, 11) is 1.33. The number of ether oxygens (including phenoxy) is 2. The fraction of sp³-hybridized carbons (Fsp3) is 0.400. The second kappa shape index (κ2) is 10.8. The molecule has 182 valence electrons. The molecule has 0 aromatic heterocycles. The molecule has 1 fully saturated rings. The summed E-state index contributed by atoms with van der Waals surface area (Å²) in [5.74, 6) is -0.419. The lowest BCUT2D eigenvalue weighted by atomic mass is 10.1. The number of carbonyl (C=O) groups excluding carboxylic acids is 3. The first-order valence-electron chi connectivity index (χ1n) is 11.0. The van der Waals surface area contributed by atoms with Crippen molar-refractivity contribution in [2.45, 2.75) is 32.9 Å². The van der Waals surface area contributed by atoms with E-state index in [0.717, 1.165) is 5.56 Å². The van der Waals surface area contributed by atoms with Crippen molar-refractivity contribution in [1.29, 1.82) is 0 Å². The van der Waals surface area contributed by atoms with Gasteiger partial charge in [-0.1, -0.05) is 29.8 Å². The molecule has 0 saturated carbocycles. The van der Waals surface area contributed by atoms with Gasteiger partial charge in [0, 0.05) is 36.9 Å². The van der Waals surface area contributed by atoms with E-state index < -0.39 is 11.6 Å². The van der Waals surface area contributed by atoms with Crippen molar-refractivity contribution < 1.29 is 23.9 Å². The largest absolute Gasteiger partial charge is 0.465 e. The zero-order valence-electron chi connectivity index (χ0n) is 19.9. The molecule has 2 aromatic rings. The van der Waals surface area contributed by atoms with E-state index in [-0.39, 0.29) is 18.7 Å². The van der Waals surface area contributed by atoms with E-state index in [9.17, 15) is 14.4 Å². The van der Waals surface area contributed by atoms with Crippen molar-refractivity contribution >= 4 is 35.4 Å². The fourth-order valence-corrected chi connectivity index (χ4v) is 3.72. The number of nitrogens with zero attached hydrogens (tertiary/aromatic N) is 3. The molecule has 2 aromatic carbocycles. The lowest BCUT2D eigenvalue weighted by Gasteiger charge is -2.38. The number of benzene rings is 2. The minimum absolute atomic E-state index is 0.192. The highest BCUT2D eigenvalue weighted by Gasteiger charge is 2.30. The highest BCUT2D eigenvalue weighted by Crippen LogP contribution is 2.24. The van der Waals surface area contributed by atoms with E-state index in [1.54, 1.807) is 57.2 Å². The summed E-state index contributed by atoms with van der Waals surface area (Å²) in [4.78, 5) is 42.6. The quantitative estimate of drug-likeness (QED) is 0.578. The molecule has 0 N–H and O–H groups in total. The van der Waals surface area contributed by atoms with Crippen molar-refractivity contribution in [3.05, 3.63) is 64.7 Å². The van der Waals surface area contributed by atoms with Gasteiger partial charge in [0.1, 0.15) is 5.60 Å². The topological polar surface area (TPSA) is 79.4 Å². The fourth-order valence-electron chi connectivity index (χ4n) is 3.54. The van der Waals surface area contributed by atoms with E-state index in [1.165, 1.54) is 7.11 Å². The maximum Gasteiger partial charge on any atom is 0.410 e. The Hall–Kier alpha value is -3.26. The van der Waals surface area contributed by atoms with Crippen LogP contribution in [0.25, 0.3) is 0 Å². The molecule has 34 heavy (non-hydrogen) atoms.